The Morgan fingerprint density at radius 2 is 2.16 bits per heavy atom. The molecule has 1 aromatic carbocycles. The fourth-order valence-corrected chi connectivity index (χ4v) is 1.75. The molecular weight excluding hydrogens is 336 g/mol. The van der Waals surface area contributed by atoms with E-state index in [1.165, 1.54) is 19.4 Å². The van der Waals surface area contributed by atoms with E-state index in [4.69, 9.17) is 16.3 Å². The summed E-state index contributed by atoms with van der Waals surface area (Å²) in [7, 11) is 1.25. The highest BCUT2D eigenvalue weighted by Gasteiger charge is 2.11. The summed E-state index contributed by atoms with van der Waals surface area (Å²) in [4.78, 5) is 19.0. The van der Waals surface area contributed by atoms with Crippen molar-refractivity contribution in [3.63, 3.8) is 0 Å². The van der Waals surface area contributed by atoms with E-state index in [9.17, 15) is 4.79 Å². The fraction of sp³-hybridized carbons (Fsp3) is 0.0833. The fourth-order valence-electron chi connectivity index (χ4n) is 1.26. The minimum atomic E-state index is -0.634. The Labute approximate surface area is 122 Å². The van der Waals surface area contributed by atoms with E-state index in [1.807, 2.05) is 0 Å². The predicted octanol–water partition coefficient (Wildman–Crippen LogP) is 3.47. The maximum absolute atomic E-state index is 11.3. The van der Waals surface area contributed by atoms with Gasteiger partial charge in [0.15, 0.2) is 0 Å². The van der Waals surface area contributed by atoms with Crippen LogP contribution < -0.4 is 4.74 Å². The first kappa shape index (κ1) is 13.8. The molecule has 0 amide bonds. The molecule has 0 unspecified atom stereocenters. The number of aromatic nitrogens is 2. The van der Waals surface area contributed by atoms with Crippen LogP contribution in [0.4, 0.5) is 0 Å². The van der Waals surface area contributed by atoms with Crippen molar-refractivity contribution in [1.29, 1.82) is 0 Å². The monoisotopic (exact) mass is 342 g/mol. The van der Waals surface area contributed by atoms with Crippen LogP contribution in [0.25, 0.3) is 0 Å². The molecule has 0 N–H and O–H groups in total. The molecule has 2 aromatic rings. The van der Waals surface area contributed by atoms with Gasteiger partial charge in [0.2, 0.25) is 11.7 Å². The van der Waals surface area contributed by atoms with Crippen LogP contribution in [-0.2, 0) is 4.74 Å². The molecule has 0 aliphatic heterocycles. The number of hydrogen-bond acceptors (Lipinski definition) is 5. The van der Waals surface area contributed by atoms with Crippen LogP contribution in [0.2, 0.25) is 5.02 Å². The average molecular weight is 344 g/mol. The number of methoxy groups -OCH3 is 1. The van der Waals surface area contributed by atoms with Crippen molar-refractivity contribution in [1.82, 2.24) is 9.97 Å². The molecule has 2 rings (SSSR count). The van der Waals surface area contributed by atoms with Crippen LogP contribution in [-0.4, -0.2) is 23.0 Å². The Morgan fingerprint density at radius 1 is 1.37 bits per heavy atom. The van der Waals surface area contributed by atoms with Crippen LogP contribution in [0.3, 0.4) is 0 Å². The van der Waals surface area contributed by atoms with Crippen molar-refractivity contribution in [3.05, 3.63) is 45.8 Å². The minimum Gasteiger partial charge on any atom is -0.463 e. The molecule has 0 saturated carbocycles. The predicted molar refractivity (Wildman–Crippen MR) is 72.6 cm³/mol. The highest BCUT2D eigenvalue weighted by atomic mass is 79.9. The summed E-state index contributed by atoms with van der Waals surface area (Å²) in [5, 5.41) is 0.432. The van der Waals surface area contributed by atoms with Crippen LogP contribution in [0.1, 0.15) is 10.6 Å². The van der Waals surface area contributed by atoms with Gasteiger partial charge in [0, 0.05) is 16.7 Å². The Balaban J connectivity index is 2.28. The smallest absolute Gasteiger partial charge is 0.376 e. The zero-order chi connectivity index (χ0) is 13.8. The lowest BCUT2D eigenvalue weighted by molar-refractivity contribution is 0.0585. The standard InChI is InChI=1S/C12H8BrClN2O3/c1-18-12(17)11-15-5-4-10(16-11)19-9-6-7(13)2-3-8(9)14/h2-6H,1H3. The van der Waals surface area contributed by atoms with Gasteiger partial charge in [0.1, 0.15) is 5.75 Å². The van der Waals surface area contributed by atoms with E-state index < -0.39 is 5.97 Å². The van der Waals surface area contributed by atoms with Gasteiger partial charge in [-0.25, -0.2) is 9.78 Å². The molecule has 1 heterocycles. The quantitative estimate of drug-likeness (QED) is 0.799. The third-order valence-corrected chi connectivity index (χ3v) is 2.91. The number of rotatable bonds is 3. The second-order valence-electron chi connectivity index (χ2n) is 3.39. The second kappa shape index (κ2) is 5.99. The van der Waals surface area contributed by atoms with Gasteiger partial charge in [-0.1, -0.05) is 27.5 Å². The number of carbonyl (C=O) groups is 1. The molecule has 0 aliphatic rings. The molecule has 0 bridgehead atoms. The molecule has 0 radical (unpaired) electrons. The van der Waals surface area contributed by atoms with Gasteiger partial charge in [-0.3, -0.25) is 0 Å². The topological polar surface area (TPSA) is 61.3 Å². The summed E-state index contributed by atoms with van der Waals surface area (Å²) < 4.78 is 10.8. The van der Waals surface area contributed by atoms with Gasteiger partial charge >= 0.3 is 5.97 Å². The molecule has 1 aromatic heterocycles. The zero-order valence-corrected chi connectivity index (χ0v) is 12.1. The summed E-state index contributed by atoms with van der Waals surface area (Å²) in [6.45, 7) is 0. The van der Waals surface area contributed by atoms with E-state index in [0.29, 0.717) is 10.8 Å². The van der Waals surface area contributed by atoms with E-state index in [2.05, 4.69) is 30.6 Å². The van der Waals surface area contributed by atoms with Gasteiger partial charge < -0.3 is 9.47 Å². The van der Waals surface area contributed by atoms with Crippen molar-refractivity contribution < 1.29 is 14.3 Å². The normalized spacial score (nSPS) is 10.1. The summed E-state index contributed by atoms with van der Waals surface area (Å²) >= 11 is 9.31. The van der Waals surface area contributed by atoms with E-state index in [0.717, 1.165) is 4.47 Å². The number of nitrogens with zero attached hydrogens (tertiary/aromatic N) is 2. The molecule has 98 valence electrons. The second-order valence-corrected chi connectivity index (χ2v) is 4.71. The number of benzene rings is 1. The molecule has 19 heavy (non-hydrogen) atoms. The van der Waals surface area contributed by atoms with E-state index >= 15 is 0 Å². The van der Waals surface area contributed by atoms with E-state index in [-0.39, 0.29) is 11.7 Å². The molecule has 0 fully saturated rings. The third kappa shape index (κ3) is 3.42. The third-order valence-electron chi connectivity index (χ3n) is 2.11. The maximum atomic E-state index is 11.3. The van der Waals surface area contributed by atoms with Crippen LogP contribution in [0.15, 0.2) is 34.9 Å². The summed E-state index contributed by atoms with van der Waals surface area (Å²) in [6.07, 6.45) is 1.40. The maximum Gasteiger partial charge on any atom is 0.376 e. The number of carbonyl (C=O) groups excluding carboxylic acids is 1. The highest BCUT2D eigenvalue weighted by Crippen LogP contribution is 2.31. The van der Waals surface area contributed by atoms with Crippen molar-refractivity contribution >= 4 is 33.5 Å². The van der Waals surface area contributed by atoms with Gasteiger partial charge in [0.25, 0.3) is 0 Å². The molecule has 5 nitrogen and oxygen atoms in total. The first-order valence-corrected chi connectivity index (χ1v) is 6.31. The number of hydrogen-bond donors (Lipinski definition) is 0. The van der Waals surface area contributed by atoms with Crippen molar-refractivity contribution in [2.75, 3.05) is 7.11 Å². The summed E-state index contributed by atoms with van der Waals surface area (Å²) in [5.41, 5.74) is 0. The molecule has 0 aliphatic carbocycles. The summed E-state index contributed by atoms with van der Waals surface area (Å²) in [5.74, 6) is -0.0853. The van der Waals surface area contributed by atoms with Gasteiger partial charge in [0.05, 0.1) is 12.1 Å². The number of halogens is 2. The minimum absolute atomic E-state index is 0.0777. The van der Waals surface area contributed by atoms with Crippen LogP contribution >= 0.6 is 27.5 Å². The molecular formula is C12H8BrClN2O3. The number of ether oxygens (including phenoxy) is 2. The Bertz CT molecular complexity index is 622. The average Bonchev–Trinajstić information content (AvgIpc) is 2.42. The molecule has 7 heteroatoms. The molecule has 0 spiro atoms. The first-order chi connectivity index (χ1) is 9.10. The molecule has 0 saturated heterocycles. The largest absolute Gasteiger partial charge is 0.463 e. The van der Waals surface area contributed by atoms with Crippen LogP contribution in [0, 0.1) is 0 Å². The van der Waals surface area contributed by atoms with Crippen molar-refractivity contribution in [2.24, 2.45) is 0 Å². The van der Waals surface area contributed by atoms with Gasteiger partial charge in [-0.05, 0) is 18.2 Å². The lowest BCUT2D eigenvalue weighted by Gasteiger charge is -2.07. The van der Waals surface area contributed by atoms with Crippen molar-refractivity contribution in [3.8, 4) is 11.6 Å². The zero-order valence-electron chi connectivity index (χ0n) is 9.76. The number of esters is 1. The molecule has 0 atom stereocenters. The lowest BCUT2D eigenvalue weighted by Crippen LogP contribution is -2.07. The van der Waals surface area contributed by atoms with Gasteiger partial charge in [-0.2, -0.15) is 4.98 Å². The van der Waals surface area contributed by atoms with Crippen LogP contribution in [0.5, 0.6) is 11.6 Å². The van der Waals surface area contributed by atoms with Gasteiger partial charge in [-0.15, -0.1) is 0 Å². The lowest BCUT2D eigenvalue weighted by atomic mass is 10.3. The Hall–Kier alpha value is -1.66. The Morgan fingerprint density at radius 3 is 2.89 bits per heavy atom. The van der Waals surface area contributed by atoms with E-state index in [1.54, 1.807) is 18.2 Å². The Kier molecular flexibility index (Phi) is 4.34. The summed E-state index contributed by atoms with van der Waals surface area (Å²) in [6, 6.07) is 6.68. The first-order valence-electron chi connectivity index (χ1n) is 5.14. The SMILES string of the molecule is COC(=O)c1nccc(Oc2cc(Br)ccc2Cl)n1. The highest BCUT2D eigenvalue weighted by molar-refractivity contribution is 9.10. The van der Waals surface area contributed by atoms with Crippen molar-refractivity contribution in [2.45, 2.75) is 0 Å².